The van der Waals surface area contributed by atoms with Crippen molar-refractivity contribution in [2.45, 2.75) is 12.8 Å². The third kappa shape index (κ3) is 3.92. The largest absolute Gasteiger partial charge is 0.465 e. The van der Waals surface area contributed by atoms with E-state index in [1.807, 2.05) is 4.90 Å². The molecule has 1 fully saturated rings. The van der Waals surface area contributed by atoms with Gasteiger partial charge in [0.25, 0.3) is 0 Å². The first kappa shape index (κ1) is 18.8. The van der Waals surface area contributed by atoms with Crippen LogP contribution in [0.1, 0.15) is 33.6 Å². The molecule has 0 radical (unpaired) electrons. The minimum absolute atomic E-state index is 0.0170. The summed E-state index contributed by atoms with van der Waals surface area (Å²) in [6.45, 7) is 1.25. The van der Waals surface area contributed by atoms with E-state index in [0.717, 1.165) is 0 Å². The number of ether oxygens (including phenoxy) is 2. The summed E-state index contributed by atoms with van der Waals surface area (Å²) in [6, 6.07) is 5.04. The van der Waals surface area contributed by atoms with E-state index in [1.54, 1.807) is 37.2 Å². The number of hydrogen-bond donors (Lipinski definition) is 0. The summed E-state index contributed by atoms with van der Waals surface area (Å²) < 4.78 is 9.63. The summed E-state index contributed by atoms with van der Waals surface area (Å²) in [5.41, 5.74) is 1.01. The number of carbonyl (C=O) groups excluding carboxylic acids is 3. The van der Waals surface area contributed by atoms with E-state index in [4.69, 9.17) is 9.47 Å². The van der Waals surface area contributed by atoms with Gasteiger partial charge in [0.05, 0.1) is 31.0 Å². The van der Waals surface area contributed by atoms with Gasteiger partial charge in [-0.15, -0.1) is 0 Å². The zero-order valence-electron chi connectivity index (χ0n) is 15.1. The molecule has 1 aromatic rings. The third-order valence-electron chi connectivity index (χ3n) is 4.46. The molecule has 0 saturated carbocycles. The first-order chi connectivity index (χ1) is 11.9. The highest BCUT2D eigenvalue weighted by Crippen LogP contribution is 2.30. The molecule has 25 heavy (non-hydrogen) atoms. The number of carbonyl (C=O) groups is 3. The van der Waals surface area contributed by atoms with Crippen LogP contribution in [0.5, 0.6) is 0 Å². The van der Waals surface area contributed by atoms with Crippen molar-refractivity contribution in [2.75, 3.05) is 46.3 Å². The lowest BCUT2D eigenvalue weighted by molar-refractivity contribution is -0.133. The SMILES string of the molecule is COC(=O)c1cccc(N2CCC(C(=O)N(C)C)CC2)c1C(=O)OC. The van der Waals surface area contributed by atoms with E-state index in [0.29, 0.717) is 31.6 Å². The molecule has 0 unspecified atom stereocenters. The van der Waals surface area contributed by atoms with Gasteiger partial charge in [0.1, 0.15) is 0 Å². The number of piperidine rings is 1. The fraction of sp³-hybridized carbons (Fsp3) is 0.500. The van der Waals surface area contributed by atoms with Gasteiger partial charge in [-0.05, 0) is 25.0 Å². The van der Waals surface area contributed by atoms with E-state index >= 15 is 0 Å². The third-order valence-corrected chi connectivity index (χ3v) is 4.46. The van der Waals surface area contributed by atoms with Gasteiger partial charge < -0.3 is 19.3 Å². The Labute approximate surface area is 147 Å². The highest BCUT2D eigenvalue weighted by atomic mass is 16.5. The quantitative estimate of drug-likeness (QED) is 0.769. The summed E-state index contributed by atoms with van der Waals surface area (Å²) in [5, 5.41) is 0. The normalized spacial score (nSPS) is 14.8. The van der Waals surface area contributed by atoms with Crippen molar-refractivity contribution in [1.82, 2.24) is 4.90 Å². The highest BCUT2D eigenvalue weighted by molar-refractivity contribution is 6.07. The summed E-state index contributed by atoms with van der Waals surface area (Å²) in [7, 11) is 6.06. The second-order valence-corrected chi connectivity index (χ2v) is 6.18. The fourth-order valence-electron chi connectivity index (χ4n) is 3.13. The molecule has 0 atom stereocenters. The van der Waals surface area contributed by atoms with Crippen LogP contribution >= 0.6 is 0 Å². The standard InChI is InChI=1S/C18H24N2O5/c1-19(2)16(21)12-8-10-20(11-9-12)14-7-5-6-13(17(22)24-3)15(14)18(23)25-4/h5-7,12H,8-11H2,1-4H3. The Hall–Kier alpha value is -2.57. The van der Waals surface area contributed by atoms with Gasteiger partial charge in [0.15, 0.2) is 0 Å². The maximum absolute atomic E-state index is 12.3. The van der Waals surface area contributed by atoms with Crippen molar-refractivity contribution in [3.63, 3.8) is 0 Å². The van der Waals surface area contributed by atoms with Crippen molar-refractivity contribution >= 4 is 23.5 Å². The topological polar surface area (TPSA) is 76.2 Å². The lowest BCUT2D eigenvalue weighted by atomic mass is 9.94. The average molecular weight is 348 g/mol. The molecule has 1 amide bonds. The van der Waals surface area contributed by atoms with Crippen LogP contribution in [0.25, 0.3) is 0 Å². The van der Waals surface area contributed by atoms with Gasteiger partial charge in [-0.25, -0.2) is 9.59 Å². The van der Waals surface area contributed by atoms with Crippen LogP contribution in [-0.4, -0.2) is 64.2 Å². The summed E-state index contributed by atoms with van der Waals surface area (Å²) in [6.07, 6.45) is 1.39. The second kappa shape index (κ2) is 8.00. The van der Waals surface area contributed by atoms with Crippen molar-refractivity contribution in [2.24, 2.45) is 5.92 Å². The number of rotatable bonds is 4. The predicted octanol–water partition coefficient (Wildman–Crippen LogP) is 1.56. The number of benzene rings is 1. The monoisotopic (exact) mass is 348 g/mol. The minimum Gasteiger partial charge on any atom is -0.465 e. The smallest absolute Gasteiger partial charge is 0.340 e. The van der Waals surface area contributed by atoms with Crippen molar-refractivity contribution in [3.8, 4) is 0 Å². The molecule has 0 N–H and O–H groups in total. The van der Waals surface area contributed by atoms with Crippen LogP contribution in [0.15, 0.2) is 18.2 Å². The molecule has 1 saturated heterocycles. The predicted molar refractivity (Wildman–Crippen MR) is 92.8 cm³/mol. The Morgan fingerprint density at radius 1 is 1.04 bits per heavy atom. The molecule has 7 heteroatoms. The number of methoxy groups -OCH3 is 2. The Balaban J connectivity index is 2.30. The number of hydrogen-bond acceptors (Lipinski definition) is 6. The van der Waals surface area contributed by atoms with E-state index in [9.17, 15) is 14.4 Å². The first-order valence-electron chi connectivity index (χ1n) is 8.16. The molecule has 2 rings (SSSR count). The van der Waals surface area contributed by atoms with Crippen LogP contribution in [0.4, 0.5) is 5.69 Å². The van der Waals surface area contributed by atoms with Gasteiger partial charge in [-0.1, -0.05) is 6.07 Å². The minimum atomic E-state index is -0.583. The molecule has 1 aliphatic rings. The second-order valence-electron chi connectivity index (χ2n) is 6.18. The van der Waals surface area contributed by atoms with Crippen molar-refractivity contribution in [1.29, 1.82) is 0 Å². The van der Waals surface area contributed by atoms with Crippen LogP contribution < -0.4 is 4.90 Å². The van der Waals surface area contributed by atoms with Crippen LogP contribution in [-0.2, 0) is 14.3 Å². The zero-order chi connectivity index (χ0) is 18.6. The molecule has 1 aliphatic heterocycles. The maximum atomic E-state index is 12.3. The molecule has 0 spiro atoms. The molecule has 1 heterocycles. The lowest BCUT2D eigenvalue weighted by Gasteiger charge is -2.35. The lowest BCUT2D eigenvalue weighted by Crippen LogP contribution is -2.40. The van der Waals surface area contributed by atoms with Gasteiger partial charge in [-0.2, -0.15) is 0 Å². The Kier molecular flexibility index (Phi) is 6.01. The average Bonchev–Trinajstić information content (AvgIpc) is 2.65. The molecular formula is C18H24N2O5. The molecule has 1 aromatic carbocycles. The summed E-state index contributed by atoms with van der Waals surface area (Å²) in [5.74, 6) is -1.06. The van der Waals surface area contributed by atoms with E-state index in [2.05, 4.69) is 0 Å². The van der Waals surface area contributed by atoms with Gasteiger partial charge in [0, 0.05) is 33.1 Å². The summed E-state index contributed by atoms with van der Waals surface area (Å²) in [4.78, 5) is 40.0. The Bertz CT molecular complexity index is 663. The molecule has 136 valence electrons. The Morgan fingerprint density at radius 3 is 2.16 bits per heavy atom. The first-order valence-corrected chi connectivity index (χ1v) is 8.16. The number of esters is 2. The number of anilines is 1. The molecular weight excluding hydrogens is 324 g/mol. The Morgan fingerprint density at radius 2 is 1.64 bits per heavy atom. The number of nitrogens with zero attached hydrogens (tertiary/aromatic N) is 2. The molecule has 0 aromatic heterocycles. The molecule has 0 aliphatic carbocycles. The maximum Gasteiger partial charge on any atom is 0.340 e. The van der Waals surface area contributed by atoms with Gasteiger partial charge in [0.2, 0.25) is 5.91 Å². The summed E-state index contributed by atoms with van der Waals surface area (Å²) >= 11 is 0. The van der Waals surface area contributed by atoms with Gasteiger partial charge in [-0.3, -0.25) is 4.79 Å². The number of amides is 1. The van der Waals surface area contributed by atoms with E-state index in [-0.39, 0.29) is 23.0 Å². The van der Waals surface area contributed by atoms with Crippen LogP contribution in [0.2, 0.25) is 0 Å². The molecule has 0 bridgehead atoms. The van der Waals surface area contributed by atoms with Crippen molar-refractivity contribution in [3.05, 3.63) is 29.3 Å². The van der Waals surface area contributed by atoms with E-state index in [1.165, 1.54) is 14.2 Å². The van der Waals surface area contributed by atoms with Crippen molar-refractivity contribution < 1.29 is 23.9 Å². The molecule has 7 nitrogen and oxygen atoms in total. The van der Waals surface area contributed by atoms with Crippen LogP contribution in [0.3, 0.4) is 0 Å². The zero-order valence-corrected chi connectivity index (χ0v) is 15.1. The van der Waals surface area contributed by atoms with Gasteiger partial charge >= 0.3 is 11.9 Å². The van der Waals surface area contributed by atoms with Crippen LogP contribution in [0, 0.1) is 5.92 Å². The fourth-order valence-corrected chi connectivity index (χ4v) is 3.13. The van der Waals surface area contributed by atoms with E-state index < -0.39 is 11.9 Å². The highest BCUT2D eigenvalue weighted by Gasteiger charge is 2.30.